The minimum absolute atomic E-state index is 0.372. The molecule has 2 atom stereocenters. The van der Waals surface area contributed by atoms with E-state index in [1.54, 1.807) is 0 Å². The van der Waals surface area contributed by atoms with E-state index < -0.39 is 0 Å². The van der Waals surface area contributed by atoms with Crippen molar-refractivity contribution in [3.63, 3.8) is 0 Å². The van der Waals surface area contributed by atoms with E-state index in [-0.39, 0.29) is 0 Å². The van der Waals surface area contributed by atoms with Crippen molar-refractivity contribution in [1.82, 2.24) is 4.90 Å². The molecule has 1 aliphatic heterocycles. The van der Waals surface area contributed by atoms with Crippen LogP contribution in [-0.2, 0) is 0 Å². The van der Waals surface area contributed by atoms with Gasteiger partial charge in [-0.1, -0.05) is 19.3 Å². The van der Waals surface area contributed by atoms with Gasteiger partial charge in [0.2, 0.25) is 0 Å². The van der Waals surface area contributed by atoms with E-state index in [9.17, 15) is 0 Å². The number of hydrogen-bond donors (Lipinski definition) is 1. The standard InChI is InChI=1S/C9H17NO/c11-7-9-6-10(9)8-4-2-1-3-5-8/h8-9,11H,1-7H2. The van der Waals surface area contributed by atoms with Gasteiger partial charge in [-0.25, -0.2) is 0 Å². The highest BCUT2D eigenvalue weighted by atomic mass is 16.3. The maximum absolute atomic E-state index is 8.87. The van der Waals surface area contributed by atoms with E-state index in [1.807, 2.05) is 0 Å². The third-order valence-corrected chi connectivity index (χ3v) is 3.01. The molecule has 0 radical (unpaired) electrons. The second kappa shape index (κ2) is 3.11. The summed E-state index contributed by atoms with van der Waals surface area (Å²) >= 11 is 0. The first-order valence-electron chi connectivity index (χ1n) is 4.78. The molecule has 2 heteroatoms. The van der Waals surface area contributed by atoms with E-state index in [4.69, 9.17) is 5.11 Å². The molecule has 0 bridgehead atoms. The molecule has 1 saturated carbocycles. The molecule has 11 heavy (non-hydrogen) atoms. The number of aliphatic hydroxyl groups is 1. The van der Waals surface area contributed by atoms with Gasteiger partial charge in [0.05, 0.1) is 6.61 Å². The van der Waals surface area contributed by atoms with Crippen molar-refractivity contribution in [2.24, 2.45) is 0 Å². The fourth-order valence-electron chi connectivity index (χ4n) is 2.22. The molecule has 2 nitrogen and oxygen atoms in total. The van der Waals surface area contributed by atoms with Crippen molar-refractivity contribution >= 4 is 0 Å². The van der Waals surface area contributed by atoms with Gasteiger partial charge in [0.15, 0.2) is 0 Å². The Morgan fingerprint density at radius 3 is 2.45 bits per heavy atom. The van der Waals surface area contributed by atoms with Crippen molar-refractivity contribution in [1.29, 1.82) is 0 Å². The van der Waals surface area contributed by atoms with E-state index in [0.717, 1.165) is 12.6 Å². The van der Waals surface area contributed by atoms with Crippen LogP contribution < -0.4 is 0 Å². The molecule has 1 N–H and O–H groups in total. The van der Waals surface area contributed by atoms with Crippen LogP contribution >= 0.6 is 0 Å². The second-order valence-corrected chi connectivity index (χ2v) is 3.83. The zero-order valence-electron chi connectivity index (χ0n) is 7.00. The summed E-state index contributed by atoms with van der Waals surface area (Å²) in [5.74, 6) is 0. The highest BCUT2D eigenvalue weighted by Crippen LogP contribution is 2.30. The molecule has 0 aromatic heterocycles. The number of aliphatic hydroxyl groups excluding tert-OH is 1. The third kappa shape index (κ3) is 1.57. The normalized spacial score (nSPS) is 39.0. The predicted octanol–water partition coefficient (Wildman–Crippen LogP) is 0.996. The summed E-state index contributed by atoms with van der Waals surface area (Å²) in [7, 11) is 0. The first kappa shape index (κ1) is 7.56. The maximum atomic E-state index is 8.87. The molecular formula is C9H17NO. The average Bonchev–Trinajstić information content (AvgIpc) is 2.85. The molecule has 64 valence electrons. The zero-order valence-corrected chi connectivity index (χ0v) is 7.00. The quantitative estimate of drug-likeness (QED) is 0.601. The van der Waals surface area contributed by atoms with Crippen molar-refractivity contribution < 1.29 is 5.11 Å². The van der Waals surface area contributed by atoms with E-state index in [0.29, 0.717) is 12.6 Å². The van der Waals surface area contributed by atoms with Crippen LogP contribution in [0.4, 0.5) is 0 Å². The Bertz CT molecular complexity index is 132. The SMILES string of the molecule is OCC1CN1C1CCCCC1. The number of hydrogen-bond acceptors (Lipinski definition) is 2. The largest absolute Gasteiger partial charge is 0.395 e. The molecule has 2 fully saturated rings. The maximum Gasteiger partial charge on any atom is 0.0599 e. The third-order valence-electron chi connectivity index (χ3n) is 3.01. The Labute approximate surface area is 68.2 Å². The summed E-state index contributed by atoms with van der Waals surface area (Å²) in [6, 6.07) is 1.35. The van der Waals surface area contributed by atoms with Gasteiger partial charge in [-0.15, -0.1) is 0 Å². The van der Waals surface area contributed by atoms with Crippen molar-refractivity contribution in [2.75, 3.05) is 13.2 Å². The van der Waals surface area contributed by atoms with Crippen molar-refractivity contribution in [3.05, 3.63) is 0 Å². The lowest BCUT2D eigenvalue weighted by molar-refractivity contribution is 0.229. The molecule has 2 aliphatic rings. The lowest BCUT2D eigenvalue weighted by Crippen LogP contribution is -2.24. The Balaban J connectivity index is 1.77. The monoisotopic (exact) mass is 155 g/mol. The molecule has 0 spiro atoms. The summed E-state index contributed by atoms with van der Waals surface area (Å²) in [5.41, 5.74) is 0. The van der Waals surface area contributed by atoms with Gasteiger partial charge in [-0.05, 0) is 12.8 Å². The van der Waals surface area contributed by atoms with Gasteiger partial charge in [0.25, 0.3) is 0 Å². The lowest BCUT2D eigenvalue weighted by Gasteiger charge is -2.23. The molecule has 1 aliphatic carbocycles. The molecule has 2 unspecified atom stereocenters. The van der Waals surface area contributed by atoms with E-state index in [1.165, 1.54) is 32.1 Å². The van der Waals surface area contributed by atoms with Crippen LogP contribution in [0.5, 0.6) is 0 Å². The zero-order chi connectivity index (χ0) is 7.68. The Morgan fingerprint density at radius 1 is 1.18 bits per heavy atom. The van der Waals surface area contributed by atoms with Crippen LogP contribution in [0.1, 0.15) is 32.1 Å². The van der Waals surface area contributed by atoms with Gasteiger partial charge in [0.1, 0.15) is 0 Å². The van der Waals surface area contributed by atoms with Crippen LogP contribution in [0.2, 0.25) is 0 Å². The van der Waals surface area contributed by atoms with Gasteiger partial charge in [0, 0.05) is 18.6 Å². The fourth-order valence-corrected chi connectivity index (χ4v) is 2.22. The second-order valence-electron chi connectivity index (χ2n) is 3.83. The average molecular weight is 155 g/mol. The lowest BCUT2D eigenvalue weighted by atomic mass is 9.95. The van der Waals surface area contributed by atoms with Crippen LogP contribution in [0.3, 0.4) is 0 Å². The van der Waals surface area contributed by atoms with Crippen LogP contribution in [0.25, 0.3) is 0 Å². The van der Waals surface area contributed by atoms with Gasteiger partial charge in [-0.2, -0.15) is 0 Å². The minimum Gasteiger partial charge on any atom is -0.395 e. The first-order valence-corrected chi connectivity index (χ1v) is 4.78. The summed E-state index contributed by atoms with van der Waals surface area (Å²) in [6.45, 7) is 1.53. The predicted molar refractivity (Wildman–Crippen MR) is 44.5 cm³/mol. The molecule has 2 rings (SSSR count). The Morgan fingerprint density at radius 2 is 1.91 bits per heavy atom. The highest BCUT2D eigenvalue weighted by Gasteiger charge is 2.38. The van der Waals surface area contributed by atoms with Crippen molar-refractivity contribution in [2.45, 2.75) is 44.2 Å². The fraction of sp³-hybridized carbons (Fsp3) is 1.00. The van der Waals surface area contributed by atoms with Gasteiger partial charge >= 0.3 is 0 Å². The van der Waals surface area contributed by atoms with Crippen LogP contribution in [0.15, 0.2) is 0 Å². The molecule has 1 saturated heterocycles. The summed E-state index contributed by atoms with van der Waals surface area (Å²) in [4.78, 5) is 2.46. The summed E-state index contributed by atoms with van der Waals surface area (Å²) in [5, 5.41) is 8.87. The van der Waals surface area contributed by atoms with Crippen LogP contribution in [-0.4, -0.2) is 35.2 Å². The molecule has 0 aromatic rings. The molecule has 1 heterocycles. The summed E-state index contributed by atoms with van der Waals surface area (Å²) in [6.07, 6.45) is 6.97. The number of nitrogens with zero attached hydrogens (tertiary/aromatic N) is 1. The first-order chi connectivity index (χ1) is 5.42. The van der Waals surface area contributed by atoms with Crippen LogP contribution in [0, 0.1) is 0 Å². The molecule has 0 aromatic carbocycles. The Kier molecular flexibility index (Phi) is 2.14. The van der Waals surface area contributed by atoms with Crippen molar-refractivity contribution in [3.8, 4) is 0 Å². The molecular weight excluding hydrogens is 138 g/mol. The topological polar surface area (TPSA) is 23.2 Å². The summed E-state index contributed by atoms with van der Waals surface area (Å²) < 4.78 is 0. The highest BCUT2D eigenvalue weighted by molar-refractivity contribution is 4.94. The Hall–Kier alpha value is -0.0800. The van der Waals surface area contributed by atoms with Gasteiger partial charge in [-0.3, -0.25) is 4.90 Å². The minimum atomic E-state index is 0.372. The molecule has 0 amide bonds. The number of rotatable bonds is 2. The smallest absolute Gasteiger partial charge is 0.0599 e. The van der Waals surface area contributed by atoms with E-state index in [2.05, 4.69) is 4.90 Å². The van der Waals surface area contributed by atoms with Gasteiger partial charge < -0.3 is 5.11 Å². The van der Waals surface area contributed by atoms with E-state index >= 15 is 0 Å².